The lowest BCUT2D eigenvalue weighted by Gasteiger charge is -2.11. The molecule has 2 aromatic rings. The van der Waals surface area contributed by atoms with Crippen LogP contribution in [-0.2, 0) is 6.54 Å². The first-order valence-corrected chi connectivity index (χ1v) is 6.16. The highest BCUT2D eigenvalue weighted by molar-refractivity contribution is 5.49. The number of hydrogen-bond donors (Lipinski definition) is 1. The Morgan fingerprint density at radius 3 is 2.55 bits per heavy atom. The Morgan fingerprint density at radius 1 is 1.14 bits per heavy atom. The summed E-state index contributed by atoms with van der Waals surface area (Å²) in [5.74, 6) is -0.337. The summed E-state index contributed by atoms with van der Waals surface area (Å²) in [7, 11) is 0. The van der Waals surface area contributed by atoms with E-state index < -0.39 is 11.3 Å². The number of alkyl halides is 3. The van der Waals surface area contributed by atoms with Gasteiger partial charge in [-0.25, -0.2) is 0 Å². The van der Waals surface area contributed by atoms with Crippen LogP contribution >= 0.6 is 0 Å². The fraction of sp³-hybridized carbons (Fsp3) is 0.143. The quantitative estimate of drug-likeness (QED) is 0.666. The van der Waals surface area contributed by atoms with E-state index in [0.717, 1.165) is 0 Å². The van der Waals surface area contributed by atoms with E-state index in [0.29, 0.717) is 11.3 Å². The monoisotopic (exact) mass is 312 g/mol. The van der Waals surface area contributed by atoms with Gasteiger partial charge in [0.05, 0.1) is 4.92 Å². The van der Waals surface area contributed by atoms with Gasteiger partial charge >= 0.3 is 6.36 Å². The van der Waals surface area contributed by atoms with E-state index in [2.05, 4.69) is 10.1 Å². The number of hydrogen-bond acceptors (Lipinski definition) is 4. The summed E-state index contributed by atoms with van der Waals surface area (Å²) < 4.78 is 40.2. The van der Waals surface area contributed by atoms with E-state index in [1.54, 1.807) is 18.2 Å². The maximum absolute atomic E-state index is 12.1. The number of benzene rings is 2. The summed E-state index contributed by atoms with van der Waals surface area (Å²) in [6, 6.07) is 11.3. The molecule has 0 bridgehead atoms. The van der Waals surface area contributed by atoms with Crippen LogP contribution in [0.3, 0.4) is 0 Å². The summed E-state index contributed by atoms with van der Waals surface area (Å²) in [6.07, 6.45) is -4.75. The van der Waals surface area contributed by atoms with Gasteiger partial charge in [0.25, 0.3) is 5.69 Å². The van der Waals surface area contributed by atoms with Gasteiger partial charge in [-0.1, -0.05) is 18.2 Å². The zero-order valence-electron chi connectivity index (χ0n) is 11.1. The third-order valence-corrected chi connectivity index (χ3v) is 2.69. The number of nitrogens with zero attached hydrogens (tertiary/aromatic N) is 1. The SMILES string of the molecule is O=[N+]([O-])c1cccc(CNc2cccc(OC(F)(F)F)c2)c1. The van der Waals surface area contributed by atoms with Crippen molar-refractivity contribution in [1.82, 2.24) is 0 Å². The third kappa shape index (κ3) is 4.65. The van der Waals surface area contributed by atoms with Gasteiger partial charge in [0.15, 0.2) is 0 Å². The molecular weight excluding hydrogens is 301 g/mol. The predicted octanol–water partition coefficient (Wildman–Crippen LogP) is 4.11. The van der Waals surface area contributed by atoms with E-state index >= 15 is 0 Å². The molecule has 0 amide bonds. The molecule has 0 aliphatic heterocycles. The molecule has 0 spiro atoms. The molecule has 0 saturated carbocycles. The standard InChI is InChI=1S/C14H11F3N2O3/c15-14(16,17)22-13-6-2-4-11(8-13)18-9-10-3-1-5-12(7-10)19(20)21/h1-8,18H,9H2. The Morgan fingerprint density at radius 2 is 1.86 bits per heavy atom. The largest absolute Gasteiger partial charge is 0.573 e. The summed E-state index contributed by atoms with van der Waals surface area (Å²) in [4.78, 5) is 10.2. The number of nitro benzene ring substituents is 1. The lowest BCUT2D eigenvalue weighted by atomic mass is 10.2. The lowest BCUT2D eigenvalue weighted by molar-refractivity contribution is -0.384. The molecule has 0 saturated heterocycles. The van der Waals surface area contributed by atoms with Crippen molar-refractivity contribution in [2.75, 3.05) is 5.32 Å². The molecule has 0 atom stereocenters. The fourth-order valence-electron chi connectivity index (χ4n) is 1.79. The third-order valence-electron chi connectivity index (χ3n) is 2.69. The van der Waals surface area contributed by atoms with Gasteiger partial charge in [-0.15, -0.1) is 13.2 Å². The molecule has 0 radical (unpaired) electrons. The smallest absolute Gasteiger partial charge is 0.406 e. The molecule has 5 nitrogen and oxygen atoms in total. The van der Waals surface area contributed by atoms with E-state index in [-0.39, 0.29) is 18.0 Å². The number of ether oxygens (including phenoxy) is 1. The second-order valence-corrected chi connectivity index (χ2v) is 4.36. The van der Waals surface area contributed by atoms with E-state index in [4.69, 9.17) is 0 Å². The van der Waals surface area contributed by atoms with Crippen LogP contribution in [0.5, 0.6) is 5.75 Å². The van der Waals surface area contributed by atoms with Gasteiger partial charge in [0.2, 0.25) is 0 Å². The van der Waals surface area contributed by atoms with Crippen molar-refractivity contribution in [2.24, 2.45) is 0 Å². The second kappa shape index (κ2) is 6.33. The molecule has 0 aromatic heterocycles. The lowest BCUT2D eigenvalue weighted by Crippen LogP contribution is -2.17. The number of rotatable bonds is 5. The first-order chi connectivity index (χ1) is 10.3. The van der Waals surface area contributed by atoms with Gasteiger partial charge in [0.1, 0.15) is 5.75 Å². The topological polar surface area (TPSA) is 64.4 Å². The van der Waals surface area contributed by atoms with Crippen LogP contribution in [0, 0.1) is 10.1 Å². The summed E-state index contributed by atoms with van der Waals surface area (Å²) >= 11 is 0. The Hall–Kier alpha value is -2.77. The minimum absolute atomic E-state index is 0.0477. The van der Waals surface area contributed by atoms with Crippen molar-refractivity contribution < 1.29 is 22.8 Å². The van der Waals surface area contributed by atoms with E-state index in [9.17, 15) is 23.3 Å². The Bertz CT molecular complexity index is 674. The van der Waals surface area contributed by atoms with Crippen LogP contribution in [0.15, 0.2) is 48.5 Å². The molecule has 0 aliphatic carbocycles. The molecule has 0 heterocycles. The number of halogens is 3. The molecule has 1 N–H and O–H groups in total. The van der Waals surface area contributed by atoms with Gasteiger partial charge in [-0.05, 0) is 17.7 Å². The molecule has 0 unspecified atom stereocenters. The van der Waals surface area contributed by atoms with Crippen molar-refractivity contribution in [1.29, 1.82) is 0 Å². The number of non-ortho nitro benzene ring substituents is 1. The average molecular weight is 312 g/mol. The highest BCUT2D eigenvalue weighted by atomic mass is 19.4. The zero-order valence-corrected chi connectivity index (χ0v) is 11.1. The van der Waals surface area contributed by atoms with E-state index in [1.807, 2.05) is 0 Å². The highest BCUT2D eigenvalue weighted by Gasteiger charge is 2.31. The minimum Gasteiger partial charge on any atom is -0.406 e. The molecule has 22 heavy (non-hydrogen) atoms. The van der Waals surface area contributed by atoms with Crippen molar-refractivity contribution in [3.05, 3.63) is 64.2 Å². The first-order valence-electron chi connectivity index (χ1n) is 6.16. The van der Waals surface area contributed by atoms with Crippen molar-refractivity contribution in [2.45, 2.75) is 12.9 Å². The molecular formula is C14H11F3N2O3. The van der Waals surface area contributed by atoms with Gasteiger partial charge in [0, 0.05) is 30.4 Å². The predicted molar refractivity (Wildman–Crippen MR) is 73.5 cm³/mol. The summed E-state index contributed by atoms with van der Waals surface area (Å²) in [5.41, 5.74) is 0.998. The van der Waals surface area contributed by atoms with Gasteiger partial charge in [-0.3, -0.25) is 10.1 Å². The second-order valence-electron chi connectivity index (χ2n) is 4.36. The number of nitrogens with one attached hydrogen (secondary N) is 1. The number of anilines is 1. The Kier molecular flexibility index (Phi) is 4.50. The van der Waals surface area contributed by atoms with Crippen LogP contribution in [0.4, 0.5) is 24.5 Å². The molecule has 0 aliphatic rings. The van der Waals surface area contributed by atoms with Crippen LogP contribution in [0.2, 0.25) is 0 Å². The fourth-order valence-corrected chi connectivity index (χ4v) is 1.79. The van der Waals surface area contributed by atoms with Crippen LogP contribution in [-0.4, -0.2) is 11.3 Å². The van der Waals surface area contributed by atoms with E-state index in [1.165, 1.54) is 30.3 Å². The molecule has 2 aromatic carbocycles. The average Bonchev–Trinajstić information content (AvgIpc) is 2.44. The normalized spacial score (nSPS) is 11.0. The Labute approximate surface area is 123 Å². The van der Waals surface area contributed by atoms with Gasteiger partial charge in [-0.2, -0.15) is 0 Å². The molecule has 8 heteroatoms. The first kappa shape index (κ1) is 15.6. The van der Waals surface area contributed by atoms with Crippen molar-refractivity contribution >= 4 is 11.4 Å². The highest BCUT2D eigenvalue weighted by Crippen LogP contribution is 2.25. The van der Waals surface area contributed by atoms with Crippen molar-refractivity contribution in [3.63, 3.8) is 0 Å². The zero-order chi connectivity index (χ0) is 16.2. The molecule has 116 valence electrons. The van der Waals surface area contributed by atoms with Crippen LogP contribution in [0.1, 0.15) is 5.56 Å². The van der Waals surface area contributed by atoms with Gasteiger partial charge < -0.3 is 10.1 Å². The minimum atomic E-state index is -4.75. The summed E-state index contributed by atoms with van der Waals surface area (Å²) in [5, 5.41) is 13.6. The molecule has 0 fully saturated rings. The Balaban J connectivity index is 2.04. The van der Waals surface area contributed by atoms with Crippen LogP contribution < -0.4 is 10.1 Å². The maximum atomic E-state index is 12.1. The van der Waals surface area contributed by atoms with Crippen molar-refractivity contribution in [3.8, 4) is 5.75 Å². The maximum Gasteiger partial charge on any atom is 0.573 e. The summed E-state index contributed by atoms with van der Waals surface area (Å²) in [6.45, 7) is 0.233. The number of nitro groups is 1. The molecule has 2 rings (SSSR count). The van der Waals surface area contributed by atoms with Crippen LogP contribution in [0.25, 0.3) is 0 Å².